The van der Waals surface area contributed by atoms with E-state index in [1.807, 2.05) is 12.2 Å². The van der Waals surface area contributed by atoms with Gasteiger partial charge in [-0.15, -0.1) is 0 Å². The fourth-order valence-electron chi connectivity index (χ4n) is 4.58. The van der Waals surface area contributed by atoms with Crippen LogP contribution in [0.15, 0.2) is 36.4 Å². The molecule has 7 heteroatoms. The second kappa shape index (κ2) is 6.89. The van der Waals surface area contributed by atoms with Gasteiger partial charge in [-0.05, 0) is 56.4 Å². The van der Waals surface area contributed by atoms with Gasteiger partial charge in [-0.2, -0.15) is 0 Å². The highest BCUT2D eigenvalue weighted by atomic mass is 16.5. The molecule has 7 nitrogen and oxygen atoms in total. The van der Waals surface area contributed by atoms with E-state index in [2.05, 4.69) is 5.32 Å². The normalized spacial score (nSPS) is 28.4. The summed E-state index contributed by atoms with van der Waals surface area (Å²) in [5.41, 5.74) is 0.861. The molecular weight excluding hydrogens is 360 g/mol. The van der Waals surface area contributed by atoms with E-state index in [4.69, 9.17) is 4.74 Å². The predicted molar refractivity (Wildman–Crippen MR) is 100 cm³/mol. The average molecular weight is 382 g/mol. The molecule has 2 fully saturated rings. The SMILES string of the molecule is CCOC(=O)c1ccc(NC(=O)[C@H](C)N2C(=O)[C@@H]3[C@@H](C2=O)[C@H]2C=C[C@H]3C2)cc1. The Morgan fingerprint density at radius 1 is 1.11 bits per heavy atom. The third kappa shape index (κ3) is 2.82. The van der Waals surface area contributed by atoms with Crippen LogP contribution in [0.4, 0.5) is 5.69 Å². The highest BCUT2D eigenvalue weighted by Crippen LogP contribution is 2.52. The molecule has 2 bridgehead atoms. The Bertz CT molecular complexity index is 845. The van der Waals surface area contributed by atoms with E-state index in [0.29, 0.717) is 11.3 Å². The van der Waals surface area contributed by atoms with Gasteiger partial charge in [0.1, 0.15) is 6.04 Å². The van der Waals surface area contributed by atoms with Crippen molar-refractivity contribution < 1.29 is 23.9 Å². The lowest BCUT2D eigenvalue weighted by Crippen LogP contribution is -2.46. The molecule has 0 aromatic heterocycles. The van der Waals surface area contributed by atoms with Crippen LogP contribution >= 0.6 is 0 Å². The van der Waals surface area contributed by atoms with Gasteiger partial charge in [0.2, 0.25) is 17.7 Å². The Hall–Kier alpha value is -2.96. The van der Waals surface area contributed by atoms with Crippen molar-refractivity contribution in [2.75, 3.05) is 11.9 Å². The Morgan fingerprint density at radius 2 is 1.68 bits per heavy atom. The highest BCUT2D eigenvalue weighted by molar-refractivity contribution is 6.10. The van der Waals surface area contributed by atoms with Crippen LogP contribution in [-0.2, 0) is 19.1 Å². The van der Waals surface area contributed by atoms with Gasteiger partial charge in [0.25, 0.3) is 0 Å². The lowest BCUT2D eigenvalue weighted by Gasteiger charge is -2.23. The number of nitrogens with zero attached hydrogens (tertiary/aromatic N) is 1. The minimum absolute atomic E-state index is 0.113. The fraction of sp³-hybridized carbons (Fsp3) is 0.429. The molecule has 1 N–H and O–H groups in total. The minimum atomic E-state index is -0.894. The molecule has 5 atom stereocenters. The number of esters is 1. The van der Waals surface area contributed by atoms with E-state index in [1.54, 1.807) is 38.1 Å². The topological polar surface area (TPSA) is 92.8 Å². The van der Waals surface area contributed by atoms with E-state index in [-0.39, 0.29) is 42.1 Å². The second-order valence-electron chi connectivity index (χ2n) is 7.51. The molecule has 1 aromatic carbocycles. The summed E-state index contributed by atoms with van der Waals surface area (Å²) in [6, 6.07) is 5.39. The number of nitrogens with one attached hydrogen (secondary N) is 1. The summed E-state index contributed by atoms with van der Waals surface area (Å²) in [7, 11) is 0. The number of anilines is 1. The third-order valence-electron chi connectivity index (χ3n) is 5.93. The number of carbonyl (C=O) groups is 4. The van der Waals surface area contributed by atoms with Gasteiger partial charge < -0.3 is 10.1 Å². The number of hydrogen-bond acceptors (Lipinski definition) is 5. The van der Waals surface area contributed by atoms with Crippen LogP contribution in [0.2, 0.25) is 0 Å². The van der Waals surface area contributed by atoms with Crippen molar-refractivity contribution in [3.8, 4) is 0 Å². The Balaban J connectivity index is 1.43. The Morgan fingerprint density at radius 3 is 2.21 bits per heavy atom. The smallest absolute Gasteiger partial charge is 0.338 e. The number of carbonyl (C=O) groups excluding carboxylic acids is 4. The number of imide groups is 1. The fourth-order valence-corrected chi connectivity index (χ4v) is 4.58. The summed E-state index contributed by atoms with van der Waals surface area (Å²) in [5, 5.41) is 2.71. The number of amides is 3. The van der Waals surface area contributed by atoms with E-state index in [1.165, 1.54) is 0 Å². The monoisotopic (exact) mass is 382 g/mol. The molecule has 1 aromatic rings. The van der Waals surface area contributed by atoms with Crippen LogP contribution in [0, 0.1) is 23.7 Å². The van der Waals surface area contributed by atoms with Crippen LogP contribution < -0.4 is 5.32 Å². The van der Waals surface area contributed by atoms with Crippen molar-refractivity contribution in [3.05, 3.63) is 42.0 Å². The van der Waals surface area contributed by atoms with Gasteiger partial charge in [-0.25, -0.2) is 4.79 Å². The zero-order valence-corrected chi connectivity index (χ0v) is 15.8. The highest BCUT2D eigenvalue weighted by Gasteiger charge is 2.60. The average Bonchev–Trinajstić information content (AvgIpc) is 3.36. The zero-order chi connectivity index (χ0) is 20.0. The maximum absolute atomic E-state index is 12.8. The number of ether oxygens (including phenoxy) is 1. The molecule has 1 saturated heterocycles. The lowest BCUT2D eigenvalue weighted by molar-refractivity contribution is -0.146. The predicted octanol–water partition coefficient (Wildman–Crippen LogP) is 2.00. The summed E-state index contributed by atoms with van der Waals surface area (Å²) >= 11 is 0. The van der Waals surface area contributed by atoms with E-state index in [9.17, 15) is 19.2 Å². The van der Waals surface area contributed by atoms with Crippen LogP contribution in [0.25, 0.3) is 0 Å². The van der Waals surface area contributed by atoms with E-state index < -0.39 is 17.9 Å². The van der Waals surface area contributed by atoms with Crippen molar-refractivity contribution >= 4 is 29.4 Å². The van der Waals surface area contributed by atoms with Crippen LogP contribution in [-0.4, -0.2) is 41.2 Å². The van der Waals surface area contributed by atoms with E-state index in [0.717, 1.165) is 11.3 Å². The third-order valence-corrected chi connectivity index (χ3v) is 5.93. The maximum atomic E-state index is 12.8. The Kier molecular flexibility index (Phi) is 4.53. The van der Waals surface area contributed by atoms with Crippen LogP contribution in [0.1, 0.15) is 30.6 Å². The van der Waals surface area contributed by atoms with Gasteiger partial charge in [-0.1, -0.05) is 12.2 Å². The van der Waals surface area contributed by atoms with Gasteiger partial charge in [0, 0.05) is 5.69 Å². The number of hydrogen-bond donors (Lipinski definition) is 1. The molecule has 146 valence electrons. The molecule has 4 rings (SSSR count). The van der Waals surface area contributed by atoms with E-state index >= 15 is 0 Å². The first kappa shape index (κ1) is 18.4. The van der Waals surface area contributed by atoms with Crippen molar-refractivity contribution in [2.24, 2.45) is 23.7 Å². The minimum Gasteiger partial charge on any atom is -0.462 e. The van der Waals surface area contributed by atoms with Crippen molar-refractivity contribution in [1.29, 1.82) is 0 Å². The molecule has 1 aliphatic heterocycles. The summed E-state index contributed by atoms with van der Waals surface area (Å²) < 4.78 is 4.92. The summed E-state index contributed by atoms with van der Waals surface area (Å²) in [6.07, 6.45) is 4.90. The molecule has 1 heterocycles. The van der Waals surface area contributed by atoms with Crippen molar-refractivity contribution in [2.45, 2.75) is 26.3 Å². The van der Waals surface area contributed by atoms with Gasteiger partial charge in [0.15, 0.2) is 0 Å². The summed E-state index contributed by atoms with van der Waals surface area (Å²) in [4.78, 5) is 51.1. The van der Waals surface area contributed by atoms with Gasteiger partial charge >= 0.3 is 5.97 Å². The first-order valence-corrected chi connectivity index (χ1v) is 9.55. The quantitative estimate of drug-likeness (QED) is 0.478. The van der Waals surface area contributed by atoms with Crippen LogP contribution in [0.5, 0.6) is 0 Å². The first-order chi connectivity index (χ1) is 13.4. The largest absolute Gasteiger partial charge is 0.462 e. The zero-order valence-electron chi connectivity index (χ0n) is 15.8. The number of fused-ring (bicyclic) bond motifs is 5. The molecular formula is C21H22N2O5. The van der Waals surface area contributed by atoms with Crippen molar-refractivity contribution in [1.82, 2.24) is 4.90 Å². The van der Waals surface area contributed by atoms with Crippen LogP contribution in [0.3, 0.4) is 0 Å². The summed E-state index contributed by atoms with van der Waals surface area (Å²) in [5.74, 6) is -1.77. The van der Waals surface area contributed by atoms with Gasteiger partial charge in [0.05, 0.1) is 24.0 Å². The maximum Gasteiger partial charge on any atom is 0.338 e. The number of benzene rings is 1. The number of rotatable bonds is 5. The molecule has 0 radical (unpaired) electrons. The molecule has 0 unspecified atom stereocenters. The molecule has 0 spiro atoms. The molecule has 1 saturated carbocycles. The molecule has 28 heavy (non-hydrogen) atoms. The van der Waals surface area contributed by atoms with Crippen molar-refractivity contribution in [3.63, 3.8) is 0 Å². The molecule has 2 aliphatic carbocycles. The summed E-state index contributed by atoms with van der Waals surface area (Å²) in [6.45, 7) is 3.57. The molecule has 3 aliphatic rings. The lowest BCUT2D eigenvalue weighted by atomic mass is 9.85. The second-order valence-corrected chi connectivity index (χ2v) is 7.51. The standard InChI is InChI=1S/C21H22N2O5/c1-3-28-21(27)12-6-8-15(9-7-12)22-18(24)11(2)23-19(25)16-13-4-5-14(10-13)17(16)20(23)26/h4-9,11,13-14,16-17H,3,10H2,1-2H3,(H,22,24)/t11-,13-,14-,16-,17-/m0/s1. The van der Waals surface area contributed by atoms with Gasteiger partial charge in [-0.3, -0.25) is 19.3 Å². The number of allylic oxidation sites excluding steroid dienone is 2. The molecule has 3 amide bonds. The number of likely N-dealkylation sites (tertiary alicyclic amines) is 1. The first-order valence-electron chi connectivity index (χ1n) is 9.55. The Labute approximate surface area is 162 Å².